The van der Waals surface area contributed by atoms with Crippen molar-refractivity contribution in [3.05, 3.63) is 35.4 Å². The summed E-state index contributed by atoms with van der Waals surface area (Å²) < 4.78 is 5.61. The number of ether oxygens (including phenoxy) is 1. The predicted octanol–water partition coefficient (Wildman–Crippen LogP) is 2.70. The first-order chi connectivity index (χ1) is 11.2. The molecule has 1 fully saturated rings. The highest BCUT2D eigenvalue weighted by Crippen LogP contribution is 2.51. The maximum Gasteiger partial charge on any atom is 0.330 e. The van der Waals surface area contributed by atoms with E-state index in [0.717, 1.165) is 11.1 Å². The molecule has 1 saturated carbocycles. The summed E-state index contributed by atoms with van der Waals surface area (Å²) in [5.74, 6) is -1.23. The number of carbonyl (C=O) groups excluding carboxylic acids is 1. The molecule has 0 spiro atoms. The molecule has 0 aromatic heterocycles. The Bertz CT molecular complexity index is 626. The van der Waals surface area contributed by atoms with Crippen molar-refractivity contribution in [3.8, 4) is 0 Å². The van der Waals surface area contributed by atoms with Crippen molar-refractivity contribution in [2.45, 2.75) is 58.6 Å². The standard InChI is InChI=1S/C19H27NO4/c1-5-24-15-12-19(17(22)23,18(15,3)4)20-16(21)10-9-14-8-6-7-13(2)11-14/h6-8,11,15H,5,9-10,12H2,1-4H3,(H,20,21)(H,22,23). The molecule has 0 heterocycles. The first-order valence-electron chi connectivity index (χ1n) is 8.44. The Morgan fingerprint density at radius 3 is 2.62 bits per heavy atom. The Kier molecular flexibility index (Phi) is 5.33. The van der Waals surface area contributed by atoms with Gasteiger partial charge in [0.1, 0.15) is 5.54 Å². The maximum atomic E-state index is 12.4. The molecule has 2 rings (SSSR count). The second-order valence-electron chi connectivity index (χ2n) is 7.12. The molecule has 24 heavy (non-hydrogen) atoms. The number of carbonyl (C=O) groups is 2. The van der Waals surface area contributed by atoms with Gasteiger partial charge in [0.05, 0.1) is 6.10 Å². The van der Waals surface area contributed by atoms with Crippen molar-refractivity contribution in [1.82, 2.24) is 5.32 Å². The van der Waals surface area contributed by atoms with Gasteiger partial charge in [0, 0.05) is 24.9 Å². The van der Waals surface area contributed by atoms with E-state index in [1.165, 1.54) is 0 Å². The third-order valence-corrected chi connectivity index (χ3v) is 5.21. The summed E-state index contributed by atoms with van der Waals surface area (Å²) >= 11 is 0. The zero-order chi connectivity index (χ0) is 18.0. The van der Waals surface area contributed by atoms with E-state index >= 15 is 0 Å². The molecule has 132 valence electrons. The number of amides is 1. The van der Waals surface area contributed by atoms with Gasteiger partial charge in [-0.1, -0.05) is 43.7 Å². The molecule has 2 atom stereocenters. The quantitative estimate of drug-likeness (QED) is 0.804. The van der Waals surface area contributed by atoms with E-state index in [1.807, 2.05) is 52.0 Å². The summed E-state index contributed by atoms with van der Waals surface area (Å²) in [5, 5.41) is 12.5. The maximum absolute atomic E-state index is 12.4. The van der Waals surface area contributed by atoms with Crippen molar-refractivity contribution in [1.29, 1.82) is 0 Å². The van der Waals surface area contributed by atoms with Crippen LogP contribution in [-0.2, 0) is 20.7 Å². The van der Waals surface area contributed by atoms with Crippen LogP contribution in [0.5, 0.6) is 0 Å². The largest absolute Gasteiger partial charge is 0.479 e. The molecular weight excluding hydrogens is 306 g/mol. The van der Waals surface area contributed by atoms with E-state index in [-0.39, 0.29) is 18.4 Å². The van der Waals surface area contributed by atoms with Crippen molar-refractivity contribution in [3.63, 3.8) is 0 Å². The number of benzene rings is 1. The van der Waals surface area contributed by atoms with E-state index in [2.05, 4.69) is 5.32 Å². The van der Waals surface area contributed by atoms with Crippen LogP contribution in [0.3, 0.4) is 0 Å². The average Bonchev–Trinajstić information content (AvgIpc) is 2.51. The predicted molar refractivity (Wildman–Crippen MR) is 91.8 cm³/mol. The van der Waals surface area contributed by atoms with Crippen LogP contribution in [0, 0.1) is 12.3 Å². The summed E-state index contributed by atoms with van der Waals surface area (Å²) in [6.07, 6.45) is 1.02. The van der Waals surface area contributed by atoms with Gasteiger partial charge < -0.3 is 15.2 Å². The van der Waals surface area contributed by atoms with Crippen LogP contribution in [0.15, 0.2) is 24.3 Å². The Morgan fingerprint density at radius 2 is 2.08 bits per heavy atom. The smallest absolute Gasteiger partial charge is 0.330 e. The summed E-state index contributed by atoms with van der Waals surface area (Å²) in [6.45, 7) is 8.10. The first kappa shape index (κ1) is 18.5. The fourth-order valence-corrected chi connectivity index (χ4v) is 3.46. The lowest BCUT2D eigenvalue weighted by Crippen LogP contribution is -2.76. The third kappa shape index (κ3) is 3.31. The molecule has 1 aromatic rings. The molecule has 1 amide bonds. The minimum absolute atomic E-state index is 0.157. The normalized spacial score (nSPS) is 24.9. The fraction of sp³-hybridized carbons (Fsp3) is 0.579. The van der Waals surface area contributed by atoms with Gasteiger partial charge in [-0.3, -0.25) is 4.79 Å². The summed E-state index contributed by atoms with van der Waals surface area (Å²) in [6, 6.07) is 7.99. The van der Waals surface area contributed by atoms with Crippen LogP contribution >= 0.6 is 0 Å². The van der Waals surface area contributed by atoms with Crippen molar-refractivity contribution in [2.75, 3.05) is 6.61 Å². The van der Waals surface area contributed by atoms with Crippen molar-refractivity contribution in [2.24, 2.45) is 5.41 Å². The number of carboxylic acids is 1. The summed E-state index contributed by atoms with van der Waals surface area (Å²) in [4.78, 5) is 24.2. The molecule has 2 unspecified atom stereocenters. The summed E-state index contributed by atoms with van der Waals surface area (Å²) in [5.41, 5.74) is 0.328. The van der Waals surface area contributed by atoms with E-state index in [0.29, 0.717) is 19.4 Å². The Labute approximate surface area is 143 Å². The van der Waals surface area contributed by atoms with E-state index < -0.39 is 16.9 Å². The lowest BCUT2D eigenvalue weighted by Gasteiger charge is -2.58. The molecule has 0 aliphatic heterocycles. The molecule has 0 radical (unpaired) electrons. The summed E-state index contributed by atoms with van der Waals surface area (Å²) in [7, 11) is 0. The average molecular weight is 333 g/mol. The van der Waals surface area contributed by atoms with E-state index in [9.17, 15) is 14.7 Å². The van der Waals surface area contributed by atoms with Crippen molar-refractivity contribution >= 4 is 11.9 Å². The molecule has 0 saturated heterocycles. The number of carboxylic acid groups (broad SMARTS) is 1. The van der Waals surface area contributed by atoms with Crippen LogP contribution in [0.2, 0.25) is 0 Å². The number of aliphatic carboxylic acids is 1. The van der Waals surface area contributed by atoms with Gasteiger partial charge in [0.25, 0.3) is 0 Å². The molecule has 1 aliphatic rings. The minimum atomic E-state index is -1.25. The Morgan fingerprint density at radius 1 is 1.38 bits per heavy atom. The highest BCUT2D eigenvalue weighted by Gasteiger charge is 2.66. The van der Waals surface area contributed by atoms with Crippen LogP contribution in [-0.4, -0.2) is 35.2 Å². The van der Waals surface area contributed by atoms with Crippen LogP contribution in [0.4, 0.5) is 0 Å². The molecule has 1 aliphatic carbocycles. The van der Waals surface area contributed by atoms with E-state index in [4.69, 9.17) is 4.74 Å². The first-order valence-corrected chi connectivity index (χ1v) is 8.44. The number of aryl methyl sites for hydroxylation is 2. The highest BCUT2D eigenvalue weighted by atomic mass is 16.5. The van der Waals surface area contributed by atoms with Crippen molar-refractivity contribution < 1.29 is 19.4 Å². The molecule has 5 heteroatoms. The lowest BCUT2D eigenvalue weighted by molar-refractivity contribution is -0.194. The number of rotatable bonds is 7. The minimum Gasteiger partial charge on any atom is -0.479 e. The SMILES string of the molecule is CCOC1CC(NC(=O)CCc2cccc(C)c2)(C(=O)O)C1(C)C. The fourth-order valence-electron chi connectivity index (χ4n) is 3.46. The van der Waals surface area contributed by atoms with Gasteiger partial charge in [0.2, 0.25) is 5.91 Å². The highest BCUT2D eigenvalue weighted by molar-refractivity contribution is 5.89. The second kappa shape index (κ2) is 6.93. The van der Waals surface area contributed by atoms with Gasteiger partial charge in [-0.15, -0.1) is 0 Å². The molecule has 1 aromatic carbocycles. The molecular formula is C19H27NO4. The number of nitrogens with one attached hydrogen (secondary N) is 1. The van der Waals surface area contributed by atoms with Crippen LogP contribution in [0.1, 0.15) is 44.7 Å². The van der Waals surface area contributed by atoms with Gasteiger partial charge >= 0.3 is 5.97 Å². The second-order valence-corrected chi connectivity index (χ2v) is 7.12. The third-order valence-electron chi connectivity index (χ3n) is 5.21. The number of hydrogen-bond acceptors (Lipinski definition) is 3. The number of hydrogen-bond donors (Lipinski definition) is 2. The van der Waals surface area contributed by atoms with Gasteiger partial charge in [-0.05, 0) is 25.8 Å². The molecule has 2 N–H and O–H groups in total. The zero-order valence-corrected chi connectivity index (χ0v) is 14.9. The topological polar surface area (TPSA) is 75.6 Å². The lowest BCUT2D eigenvalue weighted by atomic mass is 9.54. The van der Waals surface area contributed by atoms with Crippen LogP contribution < -0.4 is 5.32 Å². The van der Waals surface area contributed by atoms with Gasteiger partial charge in [-0.25, -0.2) is 4.79 Å². The van der Waals surface area contributed by atoms with Gasteiger partial charge in [-0.2, -0.15) is 0 Å². The Balaban J connectivity index is 2.01. The van der Waals surface area contributed by atoms with Crippen LogP contribution in [0.25, 0.3) is 0 Å². The zero-order valence-electron chi connectivity index (χ0n) is 14.9. The van der Waals surface area contributed by atoms with Gasteiger partial charge in [0.15, 0.2) is 0 Å². The Hall–Kier alpha value is -1.88. The molecule has 0 bridgehead atoms. The monoisotopic (exact) mass is 333 g/mol. The molecule has 5 nitrogen and oxygen atoms in total. The van der Waals surface area contributed by atoms with E-state index in [1.54, 1.807) is 0 Å².